The monoisotopic (exact) mass is 413 g/mol. The predicted molar refractivity (Wildman–Crippen MR) is 115 cm³/mol. The Morgan fingerprint density at radius 1 is 0.897 bits per heavy atom. The summed E-state index contributed by atoms with van der Waals surface area (Å²) in [5.41, 5.74) is 1.82. The molecule has 0 radical (unpaired) electrons. The van der Waals surface area contributed by atoms with Crippen molar-refractivity contribution in [3.05, 3.63) is 54.4 Å². The zero-order chi connectivity index (χ0) is 20.1. The third kappa shape index (κ3) is 4.59. The molecule has 0 aliphatic carbocycles. The van der Waals surface area contributed by atoms with E-state index < -0.39 is 10.0 Å². The molecule has 0 bridgehead atoms. The van der Waals surface area contributed by atoms with Gasteiger partial charge in [-0.25, -0.2) is 8.42 Å². The fourth-order valence-electron chi connectivity index (χ4n) is 3.82. The summed E-state index contributed by atoms with van der Waals surface area (Å²) in [5, 5.41) is 6.60. The lowest BCUT2D eigenvalue weighted by atomic mass is 10.2. The lowest BCUT2D eigenvalue weighted by molar-refractivity contribution is 0.271. The van der Waals surface area contributed by atoms with Crippen LogP contribution in [0.25, 0.3) is 0 Å². The number of sulfonamides is 1. The van der Waals surface area contributed by atoms with Gasteiger partial charge in [0.2, 0.25) is 10.0 Å². The SMILES string of the molecule is O=S(=O)(c1cnccc1N1CCN(N=Cc2ccccc2)CC1)N1CCCCC1. The van der Waals surface area contributed by atoms with Crippen molar-refractivity contribution in [2.75, 3.05) is 44.2 Å². The molecule has 29 heavy (non-hydrogen) atoms. The Labute approximate surface area is 172 Å². The van der Waals surface area contributed by atoms with Crippen molar-refractivity contribution >= 4 is 21.9 Å². The summed E-state index contributed by atoms with van der Waals surface area (Å²) in [4.78, 5) is 6.57. The van der Waals surface area contributed by atoms with Crippen LogP contribution in [0.2, 0.25) is 0 Å². The van der Waals surface area contributed by atoms with Gasteiger partial charge < -0.3 is 4.90 Å². The Morgan fingerprint density at radius 3 is 2.34 bits per heavy atom. The fourth-order valence-corrected chi connectivity index (χ4v) is 5.49. The van der Waals surface area contributed by atoms with Crippen LogP contribution in [0.3, 0.4) is 0 Å². The van der Waals surface area contributed by atoms with Crippen LogP contribution >= 0.6 is 0 Å². The molecule has 2 aliphatic heterocycles. The number of aromatic nitrogens is 1. The molecule has 0 amide bonds. The molecule has 2 aliphatic rings. The van der Waals surface area contributed by atoms with Crippen molar-refractivity contribution < 1.29 is 8.42 Å². The normalized spacial score (nSPS) is 19.0. The number of piperazine rings is 1. The number of hydrazone groups is 1. The van der Waals surface area contributed by atoms with Crippen LogP contribution < -0.4 is 4.90 Å². The van der Waals surface area contributed by atoms with E-state index in [1.807, 2.05) is 47.6 Å². The predicted octanol–water partition coefficient (Wildman–Crippen LogP) is 2.41. The standard InChI is InChI=1S/C21H27N5O2S/c27-29(28,26-11-5-2-6-12-26)21-18-22-10-9-20(21)24-13-15-25(16-14-24)23-17-19-7-3-1-4-8-19/h1,3-4,7-10,17-18H,2,5-6,11-16H2. The number of piperidine rings is 1. The van der Waals surface area contributed by atoms with Crippen LogP contribution in [-0.2, 0) is 10.0 Å². The molecular formula is C21H27N5O2S. The molecule has 7 nitrogen and oxygen atoms in total. The minimum absolute atomic E-state index is 0.322. The second-order valence-corrected chi connectivity index (χ2v) is 9.31. The quantitative estimate of drug-likeness (QED) is 0.704. The van der Waals surface area contributed by atoms with Crippen molar-refractivity contribution in [2.24, 2.45) is 5.10 Å². The van der Waals surface area contributed by atoms with Crippen LogP contribution in [0.5, 0.6) is 0 Å². The van der Waals surface area contributed by atoms with Crippen LogP contribution in [-0.4, -0.2) is 68.2 Å². The van der Waals surface area contributed by atoms with Gasteiger partial charge >= 0.3 is 0 Å². The first kappa shape index (κ1) is 19.8. The molecule has 1 aromatic carbocycles. The van der Waals surface area contributed by atoms with Crippen LogP contribution in [0.15, 0.2) is 58.8 Å². The Morgan fingerprint density at radius 2 is 1.62 bits per heavy atom. The van der Waals surface area contributed by atoms with E-state index in [-0.39, 0.29) is 0 Å². The Kier molecular flexibility index (Phi) is 6.10. The van der Waals surface area contributed by atoms with Gasteiger partial charge in [0.05, 0.1) is 25.0 Å². The number of hydrogen-bond donors (Lipinski definition) is 0. The fraction of sp³-hybridized carbons (Fsp3) is 0.429. The van der Waals surface area contributed by atoms with E-state index in [1.165, 1.54) is 6.20 Å². The summed E-state index contributed by atoms with van der Waals surface area (Å²) in [7, 11) is -3.52. The second kappa shape index (κ2) is 8.92. The molecule has 0 saturated carbocycles. The second-order valence-electron chi connectivity index (χ2n) is 7.40. The van der Waals surface area contributed by atoms with E-state index in [0.29, 0.717) is 18.0 Å². The van der Waals surface area contributed by atoms with E-state index in [0.717, 1.165) is 56.7 Å². The lowest BCUT2D eigenvalue weighted by Crippen LogP contribution is -2.45. The number of nitrogens with zero attached hydrogens (tertiary/aromatic N) is 5. The van der Waals surface area contributed by atoms with Gasteiger partial charge in [0.1, 0.15) is 4.90 Å². The Bertz CT molecular complexity index is 935. The molecule has 1 aromatic heterocycles. The highest BCUT2D eigenvalue weighted by atomic mass is 32.2. The topological polar surface area (TPSA) is 69.1 Å². The largest absolute Gasteiger partial charge is 0.367 e. The van der Waals surface area contributed by atoms with Crippen LogP contribution in [0, 0.1) is 0 Å². The van der Waals surface area contributed by atoms with Gasteiger partial charge in [-0.3, -0.25) is 9.99 Å². The molecule has 0 N–H and O–H groups in total. The summed E-state index contributed by atoms with van der Waals surface area (Å²) in [6.07, 6.45) is 7.98. The Hall–Kier alpha value is -2.45. The summed E-state index contributed by atoms with van der Waals surface area (Å²) in [6, 6.07) is 11.8. The molecule has 2 fully saturated rings. The third-order valence-electron chi connectivity index (χ3n) is 5.46. The van der Waals surface area contributed by atoms with E-state index in [1.54, 1.807) is 10.5 Å². The molecular weight excluding hydrogens is 386 g/mol. The maximum atomic E-state index is 13.2. The van der Waals surface area contributed by atoms with Gasteiger partial charge in [0, 0.05) is 38.6 Å². The molecule has 2 saturated heterocycles. The number of rotatable bonds is 5. The van der Waals surface area contributed by atoms with Crippen molar-refractivity contribution in [3.8, 4) is 0 Å². The van der Waals surface area contributed by atoms with Crippen molar-refractivity contribution in [2.45, 2.75) is 24.2 Å². The zero-order valence-electron chi connectivity index (χ0n) is 16.5. The van der Waals surface area contributed by atoms with E-state index in [4.69, 9.17) is 0 Å². The highest BCUT2D eigenvalue weighted by molar-refractivity contribution is 7.89. The van der Waals surface area contributed by atoms with Crippen LogP contribution in [0.4, 0.5) is 5.69 Å². The van der Waals surface area contributed by atoms with E-state index >= 15 is 0 Å². The summed E-state index contributed by atoms with van der Waals surface area (Å²) < 4.78 is 28.0. The van der Waals surface area contributed by atoms with Gasteiger partial charge in [0.15, 0.2) is 0 Å². The van der Waals surface area contributed by atoms with Crippen molar-refractivity contribution in [1.29, 1.82) is 0 Å². The highest BCUT2D eigenvalue weighted by Gasteiger charge is 2.30. The average Bonchev–Trinajstić information content (AvgIpc) is 2.79. The average molecular weight is 414 g/mol. The third-order valence-corrected chi connectivity index (χ3v) is 7.38. The number of benzene rings is 1. The molecule has 0 unspecified atom stereocenters. The maximum absolute atomic E-state index is 13.2. The first-order valence-corrected chi connectivity index (χ1v) is 11.6. The van der Waals surface area contributed by atoms with E-state index in [9.17, 15) is 8.42 Å². The first-order chi connectivity index (χ1) is 14.1. The number of anilines is 1. The van der Waals surface area contributed by atoms with Crippen molar-refractivity contribution in [1.82, 2.24) is 14.3 Å². The highest BCUT2D eigenvalue weighted by Crippen LogP contribution is 2.29. The molecule has 4 rings (SSSR count). The first-order valence-electron chi connectivity index (χ1n) is 10.2. The smallest absolute Gasteiger partial charge is 0.246 e. The van der Waals surface area contributed by atoms with Gasteiger partial charge in [0.25, 0.3) is 0 Å². The zero-order valence-corrected chi connectivity index (χ0v) is 17.3. The molecule has 2 aromatic rings. The number of pyridine rings is 1. The minimum Gasteiger partial charge on any atom is -0.367 e. The van der Waals surface area contributed by atoms with Gasteiger partial charge in [-0.05, 0) is 24.5 Å². The molecule has 154 valence electrons. The van der Waals surface area contributed by atoms with Crippen LogP contribution in [0.1, 0.15) is 24.8 Å². The number of hydrogen-bond acceptors (Lipinski definition) is 6. The van der Waals surface area contributed by atoms with E-state index in [2.05, 4.69) is 15.0 Å². The molecule has 8 heteroatoms. The maximum Gasteiger partial charge on any atom is 0.246 e. The molecule has 3 heterocycles. The minimum atomic E-state index is -3.52. The van der Waals surface area contributed by atoms with Gasteiger partial charge in [-0.2, -0.15) is 9.41 Å². The Balaban J connectivity index is 1.46. The summed E-state index contributed by atoms with van der Waals surface area (Å²) >= 11 is 0. The lowest BCUT2D eigenvalue weighted by Gasteiger charge is -2.36. The molecule has 0 atom stereocenters. The van der Waals surface area contributed by atoms with Gasteiger partial charge in [-0.1, -0.05) is 36.8 Å². The molecule has 0 spiro atoms. The van der Waals surface area contributed by atoms with Gasteiger partial charge in [-0.15, -0.1) is 0 Å². The summed E-state index contributed by atoms with van der Waals surface area (Å²) in [5.74, 6) is 0. The summed E-state index contributed by atoms with van der Waals surface area (Å²) in [6.45, 7) is 4.12. The van der Waals surface area contributed by atoms with Crippen molar-refractivity contribution in [3.63, 3.8) is 0 Å².